The van der Waals surface area contributed by atoms with E-state index >= 15 is 0 Å². The summed E-state index contributed by atoms with van der Waals surface area (Å²) < 4.78 is 7.82. The molecule has 1 unspecified atom stereocenters. The van der Waals surface area contributed by atoms with Crippen molar-refractivity contribution in [2.45, 2.75) is 47.3 Å². The number of fused-ring (bicyclic) bond motifs is 5. The van der Waals surface area contributed by atoms with Gasteiger partial charge >= 0.3 is 11.9 Å². The fourth-order valence-electron chi connectivity index (χ4n) is 7.32. The molecule has 12 rings (SSSR count). The number of halogens is 4. The minimum atomic E-state index is -0.938. The number of aromatic amines is 1. The normalized spacial score (nSPS) is 13.3. The van der Waals surface area contributed by atoms with E-state index in [1.807, 2.05) is 104 Å². The van der Waals surface area contributed by atoms with Crippen LogP contribution in [0.1, 0.15) is 70.6 Å². The molecule has 22 heteroatoms. The number of anilines is 4. The molecule has 0 bridgehead atoms. The van der Waals surface area contributed by atoms with Crippen molar-refractivity contribution in [3.8, 4) is 0 Å². The Labute approximate surface area is 488 Å². The number of aromatic carboxylic acids is 2. The van der Waals surface area contributed by atoms with Crippen molar-refractivity contribution in [3.63, 3.8) is 0 Å². The molecule has 5 aromatic carbocycles. The predicted octanol–water partition coefficient (Wildman–Crippen LogP) is 14.1. The number of nitrogens with two attached hydrogens (primary N) is 3. The van der Waals surface area contributed by atoms with E-state index < -0.39 is 11.9 Å². The molecule has 0 spiro atoms. The van der Waals surface area contributed by atoms with Crippen molar-refractivity contribution < 1.29 is 24.5 Å². The molecule has 1 atom stereocenters. The maximum atomic E-state index is 10.7. The molecule has 17 nitrogen and oxygen atoms in total. The fourth-order valence-corrected chi connectivity index (χ4v) is 9.45. The van der Waals surface area contributed by atoms with Crippen LogP contribution in [0.15, 0.2) is 164 Å². The maximum Gasteiger partial charge on any atom is 0.352 e. The van der Waals surface area contributed by atoms with Gasteiger partial charge in [0.1, 0.15) is 22.2 Å². The number of para-hydroxylation sites is 1. The summed E-state index contributed by atoms with van der Waals surface area (Å²) in [5, 5.41) is 27.3. The number of carboxylic acid groups (broad SMARTS) is 2. The van der Waals surface area contributed by atoms with Crippen molar-refractivity contribution in [1.29, 1.82) is 0 Å². The number of thiophene rings is 1. The van der Waals surface area contributed by atoms with Crippen molar-refractivity contribution in [2.24, 2.45) is 27.2 Å². The highest BCUT2D eigenvalue weighted by atomic mass is 79.9. The Morgan fingerprint density at radius 3 is 2.03 bits per heavy atom. The van der Waals surface area contributed by atoms with Crippen LogP contribution < -0.4 is 27.8 Å². The van der Waals surface area contributed by atoms with Crippen molar-refractivity contribution >= 4 is 146 Å². The molecule has 410 valence electrons. The highest BCUT2D eigenvalue weighted by Crippen LogP contribution is 2.30. The monoisotopic (exact) mass is 1250 g/mol. The first-order valence-electron chi connectivity index (χ1n) is 23.4. The van der Waals surface area contributed by atoms with Gasteiger partial charge in [-0.3, -0.25) is 9.98 Å². The summed E-state index contributed by atoms with van der Waals surface area (Å²) in [4.78, 5) is 49.4. The summed E-state index contributed by atoms with van der Waals surface area (Å²) in [6.45, 7) is 5.05. The molecule has 3 aliphatic rings. The van der Waals surface area contributed by atoms with Gasteiger partial charge in [-0.25, -0.2) is 24.5 Å². The largest absolute Gasteiger partial charge is 0.477 e. The molecular formula is C57H58Br2Cl2N12O5S. The molecule has 0 radical (unpaired) electrons. The van der Waals surface area contributed by atoms with E-state index in [9.17, 15) is 9.59 Å². The molecule has 3 aliphatic heterocycles. The zero-order valence-electron chi connectivity index (χ0n) is 41.0. The number of benzene rings is 5. The second kappa shape index (κ2) is 30.6. The lowest BCUT2D eigenvalue weighted by molar-refractivity contribution is 0.0685. The number of hydrogen-bond donors (Lipinski definition) is 8. The van der Waals surface area contributed by atoms with E-state index in [0.29, 0.717) is 28.3 Å². The summed E-state index contributed by atoms with van der Waals surface area (Å²) in [7, 11) is 0. The average molecular weight is 1250 g/mol. The number of H-pyrrole nitrogens is 1. The predicted molar refractivity (Wildman–Crippen MR) is 331 cm³/mol. The second-order valence-corrected chi connectivity index (χ2v) is 20.3. The Morgan fingerprint density at radius 2 is 1.44 bits per heavy atom. The number of allylic oxidation sites excluding steroid dienone is 2. The third kappa shape index (κ3) is 18.5. The molecule has 79 heavy (non-hydrogen) atoms. The lowest BCUT2D eigenvalue weighted by Crippen LogP contribution is -2.18. The molecular weight excluding hydrogens is 1200 g/mol. The molecule has 1 fully saturated rings. The van der Waals surface area contributed by atoms with Gasteiger partial charge in [-0.05, 0) is 149 Å². The van der Waals surface area contributed by atoms with Gasteiger partial charge in [0, 0.05) is 84.5 Å². The van der Waals surface area contributed by atoms with Crippen LogP contribution in [0.5, 0.6) is 0 Å². The average Bonchev–Trinajstić information content (AvgIpc) is 4.29. The molecule has 0 saturated carbocycles. The van der Waals surface area contributed by atoms with Gasteiger partial charge < -0.3 is 47.8 Å². The standard InChI is InChI=1S/C16H11ClN4.C12H9ClN4.C9H6BrNO2.C9H5BrO2S.C5H10N2.C4H9NO.2CH4/c17-16-20-14-4-2-1-3-13(14)15(21-16)19-12-6-5-10-8-18-9-11(10)7-12;13-12-15-4-3-11(17-12)16-10-2-1-8-6-14-7-9(8)5-10;10-6-2-1-5-3-8(9(12)13)11-7(5)4-6;10-6-2-1-5-3-8(9(11)12)13-7(5)4-6;1-2-3-5(7)4-6;5-4-1-2-6-3-4;;/h1-7,9H,8H2,(H,19,20,21);1-5,7H,6H2,(H,15,16,17);1-4,11H,(H,12,13);1-4H,(H,11,12);2-4H,6-7H2,1H3;4H,1-3,5H2;2*1H4/b;;;;3-2-,5-4+;;;. The molecule has 1 saturated heterocycles. The van der Waals surface area contributed by atoms with Crippen molar-refractivity contribution in [1.82, 2.24) is 24.9 Å². The van der Waals surface area contributed by atoms with Crippen LogP contribution in [0.3, 0.4) is 0 Å². The Kier molecular flexibility index (Phi) is 24.1. The molecule has 0 aliphatic carbocycles. The van der Waals surface area contributed by atoms with Crippen LogP contribution in [-0.4, -0.2) is 78.8 Å². The van der Waals surface area contributed by atoms with Crippen LogP contribution >= 0.6 is 66.4 Å². The smallest absolute Gasteiger partial charge is 0.352 e. The Morgan fingerprint density at radius 1 is 0.785 bits per heavy atom. The molecule has 11 N–H and O–H groups in total. The Hall–Kier alpha value is -7.56. The van der Waals surface area contributed by atoms with E-state index in [1.165, 1.54) is 28.7 Å². The van der Waals surface area contributed by atoms with Crippen LogP contribution in [0.2, 0.25) is 10.6 Å². The van der Waals surface area contributed by atoms with Gasteiger partial charge in [0.15, 0.2) is 0 Å². The lowest BCUT2D eigenvalue weighted by atomic mass is 10.1. The SMILES string of the molecule is C.C.C/C=C\C(N)=C/N.Clc1nc(Nc2ccc3c(c2)C=NC3)c2ccccc2n1.Clc1nccc(Nc2ccc3c(c2)C=NC3)n1.NC1CCOC1.O=C(O)c1cc2ccc(Br)cc2[nH]1.O=C(O)c1cc2ccc(Br)cc2s1. The number of carbonyl (C=O) groups is 2. The van der Waals surface area contributed by atoms with Crippen LogP contribution in [0.25, 0.3) is 31.9 Å². The van der Waals surface area contributed by atoms with E-state index in [-0.39, 0.29) is 31.1 Å². The van der Waals surface area contributed by atoms with Gasteiger partial charge in [-0.2, -0.15) is 4.98 Å². The molecule has 7 heterocycles. The van der Waals surface area contributed by atoms with E-state index in [0.717, 1.165) is 96.1 Å². The number of aliphatic imine (C=N–C) groups is 2. The highest BCUT2D eigenvalue weighted by Gasteiger charge is 2.12. The number of carboxylic acids is 2. The third-order valence-corrected chi connectivity index (χ3v) is 13.5. The first-order valence-corrected chi connectivity index (χ1v) is 26.6. The van der Waals surface area contributed by atoms with Crippen LogP contribution in [-0.2, 0) is 17.8 Å². The summed E-state index contributed by atoms with van der Waals surface area (Å²) in [5.74, 6) is -0.412. The Balaban J connectivity index is 0.000000181. The minimum Gasteiger partial charge on any atom is -0.477 e. The first-order chi connectivity index (χ1) is 37.1. The quantitative estimate of drug-likeness (QED) is 0.0544. The van der Waals surface area contributed by atoms with Crippen molar-refractivity contribution in [2.75, 3.05) is 23.8 Å². The minimum absolute atomic E-state index is 0. The zero-order valence-corrected chi connectivity index (χ0v) is 46.5. The molecule has 9 aromatic rings. The fraction of sp³-hybridized carbons (Fsp3) is 0.158. The zero-order chi connectivity index (χ0) is 54.8. The van der Waals surface area contributed by atoms with Crippen LogP contribution in [0, 0.1) is 0 Å². The summed E-state index contributed by atoms with van der Waals surface area (Å²) >= 11 is 19.7. The van der Waals surface area contributed by atoms with E-state index in [1.54, 1.807) is 30.5 Å². The van der Waals surface area contributed by atoms with Gasteiger partial charge in [-0.1, -0.05) is 89.2 Å². The van der Waals surface area contributed by atoms with Gasteiger partial charge in [0.2, 0.25) is 10.6 Å². The van der Waals surface area contributed by atoms with Crippen LogP contribution in [0.4, 0.5) is 23.0 Å². The second-order valence-electron chi connectivity index (χ2n) is 16.7. The summed E-state index contributed by atoms with van der Waals surface area (Å²) in [6.07, 6.45) is 11.4. The number of aromatic nitrogens is 5. The van der Waals surface area contributed by atoms with Gasteiger partial charge in [0.05, 0.1) is 25.2 Å². The first kappa shape index (κ1) is 62.3. The maximum absolute atomic E-state index is 10.7. The molecule has 4 aromatic heterocycles. The number of nitrogens with zero attached hydrogens (tertiary/aromatic N) is 6. The third-order valence-electron chi connectivity index (χ3n) is 11.0. The Bertz CT molecular complexity index is 3570. The highest BCUT2D eigenvalue weighted by molar-refractivity contribution is 9.10. The molecule has 0 amide bonds. The lowest BCUT2D eigenvalue weighted by Gasteiger charge is -2.10. The van der Waals surface area contributed by atoms with E-state index in [4.69, 9.17) is 55.4 Å². The summed E-state index contributed by atoms with van der Waals surface area (Å²) in [5.41, 5.74) is 24.8. The number of hydrogen-bond acceptors (Lipinski definition) is 15. The number of ether oxygens (including phenoxy) is 1. The summed E-state index contributed by atoms with van der Waals surface area (Å²) in [6, 6.07) is 36.8. The van der Waals surface area contributed by atoms with Gasteiger partial charge in [-0.15, -0.1) is 11.3 Å². The topological polar surface area (TPSA) is 278 Å². The number of rotatable bonds is 7. The van der Waals surface area contributed by atoms with E-state index in [2.05, 4.69) is 95.6 Å². The van der Waals surface area contributed by atoms with Gasteiger partial charge in [0.25, 0.3) is 0 Å². The number of nitrogens with one attached hydrogen (secondary N) is 3. The van der Waals surface area contributed by atoms with Crippen molar-refractivity contribution in [3.05, 3.63) is 198 Å².